The van der Waals surface area contributed by atoms with Crippen LogP contribution in [-0.4, -0.2) is 29.9 Å². The largest absolute Gasteiger partial charge is 0.340 e. The SMILES string of the molecule is CCc1ccc(NC(=O)C(CCSC)NC(=O)c2ccc(Cl)cc2Cl)cc1. The molecule has 0 bridgehead atoms. The Balaban J connectivity index is 2.10. The molecule has 27 heavy (non-hydrogen) atoms. The van der Waals surface area contributed by atoms with Gasteiger partial charge in [0.05, 0.1) is 10.6 Å². The second kappa shape index (κ2) is 10.6. The van der Waals surface area contributed by atoms with Crippen LogP contribution in [-0.2, 0) is 11.2 Å². The normalized spacial score (nSPS) is 11.7. The standard InChI is InChI=1S/C20H22Cl2N2O2S/c1-3-13-4-7-15(8-5-13)23-20(26)18(10-11-27-2)24-19(25)16-9-6-14(21)12-17(16)22/h4-9,12,18H,3,10-11H2,1-2H3,(H,23,26)(H,24,25). The molecule has 2 aromatic carbocycles. The van der Waals surface area contributed by atoms with Crippen molar-refractivity contribution in [3.05, 3.63) is 63.6 Å². The van der Waals surface area contributed by atoms with Gasteiger partial charge in [0.2, 0.25) is 5.91 Å². The number of nitrogens with one attached hydrogen (secondary N) is 2. The van der Waals surface area contributed by atoms with Gasteiger partial charge in [-0.05, 0) is 60.7 Å². The van der Waals surface area contributed by atoms with Crippen molar-refractivity contribution < 1.29 is 9.59 Å². The first-order chi connectivity index (χ1) is 12.9. The molecule has 2 amide bonds. The van der Waals surface area contributed by atoms with E-state index in [1.807, 2.05) is 30.5 Å². The van der Waals surface area contributed by atoms with Gasteiger partial charge in [-0.1, -0.05) is 42.3 Å². The number of hydrogen-bond acceptors (Lipinski definition) is 3. The average Bonchev–Trinajstić information content (AvgIpc) is 2.65. The van der Waals surface area contributed by atoms with Gasteiger partial charge >= 0.3 is 0 Å². The molecule has 144 valence electrons. The van der Waals surface area contributed by atoms with Gasteiger partial charge in [0.15, 0.2) is 0 Å². The van der Waals surface area contributed by atoms with Crippen molar-refractivity contribution >= 4 is 52.5 Å². The minimum atomic E-state index is -0.664. The molecular formula is C20H22Cl2N2O2S. The highest BCUT2D eigenvalue weighted by Gasteiger charge is 2.22. The highest BCUT2D eigenvalue weighted by atomic mass is 35.5. The zero-order valence-electron chi connectivity index (χ0n) is 15.2. The molecule has 1 atom stereocenters. The van der Waals surface area contributed by atoms with Crippen molar-refractivity contribution in [3.8, 4) is 0 Å². The zero-order valence-corrected chi connectivity index (χ0v) is 17.5. The van der Waals surface area contributed by atoms with Gasteiger partial charge in [-0.25, -0.2) is 0 Å². The van der Waals surface area contributed by atoms with Gasteiger partial charge < -0.3 is 10.6 Å². The van der Waals surface area contributed by atoms with E-state index in [0.29, 0.717) is 17.1 Å². The van der Waals surface area contributed by atoms with E-state index in [0.717, 1.165) is 12.2 Å². The van der Waals surface area contributed by atoms with E-state index in [1.54, 1.807) is 23.9 Å². The Hall–Kier alpha value is -1.69. The summed E-state index contributed by atoms with van der Waals surface area (Å²) in [6.07, 6.45) is 3.40. The fraction of sp³-hybridized carbons (Fsp3) is 0.300. The lowest BCUT2D eigenvalue weighted by molar-refractivity contribution is -0.118. The topological polar surface area (TPSA) is 58.2 Å². The van der Waals surface area contributed by atoms with Gasteiger partial charge in [-0.2, -0.15) is 11.8 Å². The highest BCUT2D eigenvalue weighted by Crippen LogP contribution is 2.21. The monoisotopic (exact) mass is 424 g/mol. The number of carbonyl (C=O) groups excluding carboxylic acids is 2. The van der Waals surface area contributed by atoms with Crippen molar-refractivity contribution in [1.82, 2.24) is 5.32 Å². The Kier molecular flexibility index (Phi) is 8.48. The Morgan fingerprint density at radius 3 is 2.41 bits per heavy atom. The van der Waals surface area contributed by atoms with Crippen LogP contribution in [0.1, 0.15) is 29.3 Å². The molecule has 2 aromatic rings. The molecule has 0 radical (unpaired) electrons. The maximum atomic E-state index is 12.7. The number of thioether (sulfide) groups is 1. The number of carbonyl (C=O) groups is 2. The summed E-state index contributed by atoms with van der Waals surface area (Å²) in [4.78, 5) is 25.3. The summed E-state index contributed by atoms with van der Waals surface area (Å²) < 4.78 is 0. The molecule has 2 N–H and O–H groups in total. The summed E-state index contributed by atoms with van der Waals surface area (Å²) in [7, 11) is 0. The summed E-state index contributed by atoms with van der Waals surface area (Å²) in [5, 5.41) is 6.34. The molecule has 0 saturated carbocycles. The lowest BCUT2D eigenvalue weighted by Gasteiger charge is -2.19. The Bertz CT molecular complexity index is 797. The third-order valence-corrected chi connectivity index (χ3v) is 5.23. The molecule has 0 saturated heterocycles. The lowest BCUT2D eigenvalue weighted by Crippen LogP contribution is -2.44. The van der Waals surface area contributed by atoms with E-state index < -0.39 is 11.9 Å². The third kappa shape index (κ3) is 6.45. The average molecular weight is 425 g/mol. The summed E-state index contributed by atoms with van der Waals surface area (Å²) in [6, 6.07) is 11.6. The van der Waals surface area contributed by atoms with E-state index >= 15 is 0 Å². The molecule has 0 aromatic heterocycles. The number of benzene rings is 2. The number of hydrogen-bond donors (Lipinski definition) is 2. The fourth-order valence-electron chi connectivity index (χ4n) is 2.47. The van der Waals surface area contributed by atoms with Crippen LogP contribution in [0, 0.1) is 0 Å². The predicted molar refractivity (Wildman–Crippen MR) is 115 cm³/mol. The minimum absolute atomic E-state index is 0.249. The van der Waals surface area contributed by atoms with Crippen molar-refractivity contribution in [2.75, 3.05) is 17.3 Å². The number of anilines is 1. The summed E-state index contributed by atoms with van der Waals surface area (Å²) in [5.74, 6) is 0.0765. The first-order valence-electron chi connectivity index (χ1n) is 8.59. The molecule has 0 aliphatic rings. The molecule has 2 rings (SSSR count). The molecule has 0 aliphatic heterocycles. The maximum Gasteiger partial charge on any atom is 0.253 e. The van der Waals surface area contributed by atoms with Crippen LogP contribution in [0.3, 0.4) is 0 Å². The van der Waals surface area contributed by atoms with Crippen molar-refractivity contribution in [1.29, 1.82) is 0 Å². The highest BCUT2D eigenvalue weighted by molar-refractivity contribution is 7.98. The number of rotatable bonds is 8. The van der Waals surface area contributed by atoms with Crippen molar-refractivity contribution in [2.24, 2.45) is 0 Å². The molecule has 0 heterocycles. The van der Waals surface area contributed by atoms with E-state index in [9.17, 15) is 9.59 Å². The van der Waals surface area contributed by atoms with Crippen LogP contribution in [0.4, 0.5) is 5.69 Å². The summed E-state index contributed by atoms with van der Waals surface area (Å²) in [6.45, 7) is 2.07. The van der Waals surface area contributed by atoms with Crippen LogP contribution in [0.2, 0.25) is 10.0 Å². The van der Waals surface area contributed by atoms with Crippen LogP contribution in [0.15, 0.2) is 42.5 Å². The third-order valence-electron chi connectivity index (χ3n) is 4.04. The second-order valence-electron chi connectivity index (χ2n) is 5.97. The molecule has 0 spiro atoms. The Morgan fingerprint density at radius 1 is 1.11 bits per heavy atom. The molecular weight excluding hydrogens is 403 g/mol. The fourth-order valence-corrected chi connectivity index (χ4v) is 3.43. The lowest BCUT2D eigenvalue weighted by atomic mass is 10.1. The number of halogens is 2. The molecule has 0 fully saturated rings. The zero-order chi connectivity index (χ0) is 19.8. The quantitative estimate of drug-likeness (QED) is 0.623. The molecule has 1 unspecified atom stereocenters. The van der Waals surface area contributed by atoms with Gasteiger partial charge in [0.25, 0.3) is 5.91 Å². The smallest absolute Gasteiger partial charge is 0.253 e. The van der Waals surface area contributed by atoms with Crippen LogP contribution in [0.5, 0.6) is 0 Å². The van der Waals surface area contributed by atoms with Gasteiger partial charge in [-0.15, -0.1) is 0 Å². The second-order valence-corrected chi connectivity index (χ2v) is 7.80. The number of amides is 2. The van der Waals surface area contributed by atoms with E-state index in [1.165, 1.54) is 11.6 Å². The molecule has 4 nitrogen and oxygen atoms in total. The number of aryl methyl sites for hydroxylation is 1. The maximum absolute atomic E-state index is 12.7. The Labute approximate surface area is 174 Å². The van der Waals surface area contributed by atoms with Crippen LogP contribution in [0.25, 0.3) is 0 Å². The van der Waals surface area contributed by atoms with Gasteiger partial charge in [0, 0.05) is 10.7 Å². The Morgan fingerprint density at radius 2 is 1.81 bits per heavy atom. The minimum Gasteiger partial charge on any atom is -0.340 e. The van der Waals surface area contributed by atoms with Gasteiger partial charge in [0.1, 0.15) is 6.04 Å². The summed E-state index contributed by atoms with van der Waals surface area (Å²) in [5.41, 5.74) is 2.18. The van der Waals surface area contributed by atoms with E-state index in [-0.39, 0.29) is 16.5 Å². The molecule has 7 heteroatoms. The van der Waals surface area contributed by atoms with E-state index in [2.05, 4.69) is 17.6 Å². The van der Waals surface area contributed by atoms with Gasteiger partial charge in [-0.3, -0.25) is 9.59 Å². The summed E-state index contributed by atoms with van der Waals surface area (Å²) >= 11 is 13.6. The first kappa shape index (κ1) is 21.6. The predicted octanol–water partition coefficient (Wildman–Crippen LogP) is 5.05. The molecule has 0 aliphatic carbocycles. The van der Waals surface area contributed by atoms with Crippen LogP contribution >= 0.6 is 35.0 Å². The van der Waals surface area contributed by atoms with Crippen LogP contribution < -0.4 is 10.6 Å². The van der Waals surface area contributed by atoms with Crippen molar-refractivity contribution in [2.45, 2.75) is 25.8 Å². The first-order valence-corrected chi connectivity index (χ1v) is 10.7. The van der Waals surface area contributed by atoms with Crippen molar-refractivity contribution in [3.63, 3.8) is 0 Å². The van der Waals surface area contributed by atoms with E-state index in [4.69, 9.17) is 23.2 Å².